The van der Waals surface area contributed by atoms with Crippen LogP contribution >= 0.6 is 0 Å². The highest BCUT2D eigenvalue weighted by molar-refractivity contribution is 4.86. The fourth-order valence-electron chi connectivity index (χ4n) is 2.29. The van der Waals surface area contributed by atoms with Gasteiger partial charge in [-0.3, -0.25) is 0 Å². The Bertz CT molecular complexity index is 308. The second kappa shape index (κ2) is 7.82. The van der Waals surface area contributed by atoms with Crippen LogP contribution in [0.2, 0.25) is 0 Å². The third kappa shape index (κ3) is 4.85. The minimum absolute atomic E-state index is 0.0531. The fourth-order valence-corrected chi connectivity index (χ4v) is 2.29. The van der Waals surface area contributed by atoms with E-state index >= 15 is 0 Å². The lowest BCUT2D eigenvalue weighted by atomic mass is 9.91. The first-order chi connectivity index (χ1) is 10.0. The minimum atomic E-state index is -0.761. The number of methoxy groups -OCH3 is 1. The molecule has 2 N–H and O–H groups in total. The molecule has 2 aliphatic heterocycles. The van der Waals surface area contributed by atoms with Gasteiger partial charge in [-0.25, -0.2) is 0 Å². The van der Waals surface area contributed by atoms with Gasteiger partial charge in [0, 0.05) is 13.0 Å². The minimum Gasteiger partial charge on any atom is -0.390 e. The summed E-state index contributed by atoms with van der Waals surface area (Å²) in [7, 11) is 1.51. The Morgan fingerprint density at radius 3 is 2.62 bits per heavy atom. The standard InChI is InChI=1S/C14H26O7/c1-8-9(2)21-14(17-3)13(12(8)16)20-5-10(15)4-18-6-11-7-19-11/h8-16H,4-7H2,1-3H3/t8-,9?,10?,11?,12?,13?,14?/m1/s1. The summed E-state index contributed by atoms with van der Waals surface area (Å²) < 4.78 is 26.8. The van der Waals surface area contributed by atoms with Crippen molar-refractivity contribution in [3.63, 3.8) is 0 Å². The Kier molecular flexibility index (Phi) is 6.36. The van der Waals surface area contributed by atoms with Gasteiger partial charge in [0.25, 0.3) is 0 Å². The van der Waals surface area contributed by atoms with Gasteiger partial charge >= 0.3 is 0 Å². The normalized spacial score (nSPS) is 41.0. The van der Waals surface area contributed by atoms with Crippen molar-refractivity contribution in [2.45, 2.75) is 50.7 Å². The quantitative estimate of drug-likeness (QED) is 0.586. The maximum atomic E-state index is 10.3. The number of rotatable bonds is 8. The van der Waals surface area contributed by atoms with Gasteiger partial charge in [0.1, 0.15) is 18.3 Å². The van der Waals surface area contributed by atoms with E-state index in [1.54, 1.807) is 0 Å². The Labute approximate surface area is 125 Å². The number of hydrogen-bond donors (Lipinski definition) is 2. The molecule has 0 bridgehead atoms. The van der Waals surface area contributed by atoms with Gasteiger partial charge in [-0.05, 0) is 6.92 Å². The summed E-state index contributed by atoms with van der Waals surface area (Å²) >= 11 is 0. The SMILES string of the molecule is COC1OC(C)[C@@H](C)C(O)C1OCC(O)COCC1CO1. The Morgan fingerprint density at radius 2 is 2.00 bits per heavy atom. The molecule has 7 nitrogen and oxygen atoms in total. The van der Waals surface area contributed by atoms with Crippen LogP contribution in [0.3, 0.4) is 0 Å². The van der Waals surface area contributed by atoms with Gasteiger partial charge in [0.2, 0.25) is 0 Å². The van der Waals surface area contributed by atoms with E-state index in [4.69, 9.17) is 23.7 Å². The number of ether oxygens (including phenoxy) is 5. The van der Waals surface area contributed by atoms with Gasteiger partial charge in [-0.2, -0.15) is 0 Å². The van der Waals surface area contributed by atoms with E-state index in [-0.39, 0.29) is 31.3 Å². The molecule has 2 aliphatic rings. The zero-order chi connectivity index (χ0) is 15.4. The van der Waals surface area contributed by atoms with E-state index in [1.165, 1.54) is 7.11 Å². The first kappa shape index (κ1) is 17.1. The number of hydrogen-bond acceptors (Lipinski definition) is 7. The van der Waals surface area contributed by atoms with Crippen LogP contribution in [0, 0.1) is 5.92 Å². The van der Waals surface area contributed by atoms with E-state index in [2.05, 4.69) is 0 Å². The zero-order valence-electron chi connectivity index (χ0n) is 12.8. The average Bonchev–Trinajstić information content (AvgIpc) is 3.27. The average molecular weight is 306 g/mol. The van der Waals surface area contributed by atoms with Crippen LogP contribution in [0.15, 0.2) is 0 Å². The summed E-state index contributed by atoms with van der Waals surface area (Å²) in [4.78, 5) is 0. The number of aliphatic hydroxyl groups is 2. The van der Waals surface area contributed by atoms with Crippen molar-refractivity contribution in [1.82, 2.24) is 0 Å². The molecule has 0 spiro atoms. The van der Waals surface area contributed by atoms with Crippen molar-refractivity contribution in [2.24, 2.45) is 5.92 Å². The summed E-state index contributed by atoms with van der Waals surface area (Å²) in [5, 5.41) is 20.1. The molecule has 124 valence electrons. The molecule has 0 aromatic rings. The molecule has 0 amide bonds. The topological polar surface area (TPSA) is 89.9 Å². The summed E-state index contributed by atoms with van der Waals surface area (Å²) in [5.41, 5.74) is 0. The van der Waals surface area contributed by atoms with Gasteiger partial charge in [0.15, 0.2) is 6.29 Å². The molecule has 6 unspecified atom stereocenters. The first-order valence-electron chi connectivity index (χ1n) is 7.38. The molecule has 7 atom stereocenters. The van der Waals surface area contributed by atoms with E-state index in [0.29, 0.717) is 6.61 Å². The lowest BCUT2D eigenvalue weighted by molar-refractivity contribution is -0.286. The molecule has 2 rings (SSSR count). The summed E-state index contributed by atoms with van der Waals surface area (Å²) in [6.07, 6.45) is -2.67. The third-order valence-corrected chi connectivity index (χ3v) is 3.96. The first-order valence-corrected chi connectivity index (χ1v) is 7.38. The van der Waals surface area contributed by atoms with Crippen LogP contribution in [0.5, 0.6) is 0 Å². The Morgan fingerprint density at radius 1 is 1.29 bits per heavy atom. The maximum Gasteiger partial charge on any atom is 0.186 e. The fraction of sp³-hybridized carbons (Fsp3) is 1.00. The second-order valence-corrected chi connectivity index (χ2v) is 5.74. The Balaban J connectivity index is 1.73. The molecule has 0 aromatic carbocycles. The predicted molar refractivity (Wildman–Crippen MR) is 72.8 cm³/mol. The molecule has 2 saturated heterocycles. The summed E-state index contributed by atoms with van der Waals surface area (Å²) in [5.74, 6) is -0.0678. The molecule has 2 heterocycles. The summed E-state index contributed by atoms with van der Waals surface area (Å²) in [6.45, 7) is 5.22. The van der Waals surface area contributed by atoms with E-state index in [9.17, 15) is 10.2 Å². The molecule has 7 heteroatoms. The van der Waals surface area contributed by atoms with Crippen LogP contribution in [0.4, 0.5) is 0 Å². The molecular formula is C14H26O7. The Hall–Kier alpha value is -0.280. The van der Waals surface area contributed by atoms with Crippen LogP contribution in [0.25, 0.3) is 0 Å². The number of aliphatic hydroxyl groups excluding tert-OH is 2. The van der Waals surface area contributed by atoms with Crippen LogP contribution in [-0.2, 0) is 23.7 Å². The van der Waals surface area contributed by atoms with E-state index in [0.717, 1.165) is 6.61 Å². The largest absolute Gasteiger partial charge is 0.390 e. The second-order valence-electron chi connectivity index (χ2n) is 5.74. The molecule has 21 heavy (non-hydrogen) atoms. The molecule has 2 fully saturated rings. The predicted octanol–water partition coefficient (Wildman–Crippen LogP) is -0.464. The maximum absolute atomic E-state index is 10.3. The highest BCUT2D eigenvalue weighted by Crippen LogP contribution is 2.28. The van der Waals surface area contributed by atoms with Crippen molar-refractivity contribution < 1.29 is 33.9 Å². The lowest BCUT2D eigenvalue weighted by Gasteiger charge is -2.41. The van der Waals surface area contributed by atoms with Crippen LogP contribution in [0.1, 0.15) is 13.8 Å². The monoisotopic (exact) mass is 306 g/mol. The van der Waals surface area contributed by atoms with E-state index in [1.807, 2.05) is 13.8 Å². The van der Waals surface area contributed by atoms with Gasteiger partial charge in [0.05, 0.1) is 38.6 Å². The van der Waals surface area contributed by atoms with Crippen molar-refractivity contribution >= 4 is 0 Å². The van der Waals surface area contributed by atoms with Crippen molar-refractivity contribution in [3.8, 4) is 0 Å². The molecular weight excluding hydrogens is 280 g/mol. The van der Waals surface area contributed by atoms with Crippen LogP contribution < -0.4 is 0 Å². The third-order valence-electron chi connectivity index (χ3n) is 3.96. The van der Waals surface area contributed by atoms with Gasteiger partial charge in [-0.1, -0.05) is 6.92 Å². The number of epoxide rings is 1. The highest BCUT2D eigenvalue weighted by atomic mass is 16.7. The molecule has 0 aromatic heterocycles. The smallest absolute Gasteiger partial charge is 0.186 e. The highest BCUT2D eigenvalue weighted by Gasteiger charge is 2.42. The lowest BCUT2D eigenvalue weighted by Crippen LogP contribution is -2.55. The molecule has 0 aliphatic carbocycles. The molecule has 0 radical (unpaired) electrons. The van der Waals surface area contributed by atoms with E-state index < -0.39 is 24.6 Å². The van der Waals surface area contributed by atoms with Gasteiger partial charge < -0.3 is 33.9 Å². The summed E-state index contributed by atoms with van der Waals surface area (Å²) in [6, 6.07) is 0. The van der Waals surface area contributed by atoms with Crippen LogP contribution in [-0.4, -0.2) is 80.6 Å². The molecule has 0 saturated carbocycles. The van der Waals surface area contributed by atoms with Crippen molar-refractivity contribution in [1.29, 1.82) is 0 Å². The van der Waals surface area contributed by atoms with Crippen molar-refractivity contribution in [3.05, 3.63) is 0 Å². The van der Waals surface area contributed by atoms with Crippen molar-refractivity contribution in [2.75, 3.05) is 33.5 Å². The van der Waals surface area contributed by atoms with Gasteiger partial charge in [-0.15, -0.1) is 0 Å². The zero-order valence-corrected chi connectivity index (χ0v) is 12.8.